The summed E-state index contributed by atoms with van der Waals surface area (Å²) in [6.45, 7) is 118. The largest absolute Gasteiger partial charge is 0.379 e. The number of likely N-dealkylation sites (tertiary alicyclic amines) is 1. The molecule has 0 radical (unpaired) electrons. The van der Waals surface area contributed by atoms with Crippen LogP contribution >= 0.6 is 0 Å². The van der Waals surface area contributed by atoms with Gasteiger partial charge in [-0.1, -0.05) is 439 Å². The number of dihydropyridines is 1. The highest BCUT2D eigenvalue weighted by atomic mass is 16.5. The first-order chi connectivity index (χ1) is 61.7. The molecule has 856 valence electrons. The van der Waals surface area contributed by atoms with Crippen molar-refractivity contribution in [1.29, 1.82) is 0 Å². The Morgan fingerprint density at radius 1 is 0.228 bits per heavy atom. The number of hydrogen-bond donors (Lipinski definition) is 9. The van der Waals surface area contributed by atoms with Gasteiger partial charge in [0.15, 0.2) is 0 Å². The van der Waals surface area contributed by atoms with Crippen LogP contribution in [0.4, 0.5) is 0 Å². The van der Waals surface area contributed by atoms with Crippen LogP contribution in [0.3, 0.4) is 0 Å². The topological polar surface area (TPSA) is 230 Å². The Bertz CT molecular complexity index is 1390. The maximum atomic E-state index is 5.01. The molecule has 0 atom stereocenters. The quantitative estimate of drug-likeness (QED) is 0.0797. The second-order valence-corrected chi connectivity index (χ2v) is 18.2. The predicted octanol–water partition coefficient (Wildman–Crippen LogP) is 34.4. The SMILES string of the molecule is C.C.C.C.C.C.C.C.C.C.C.C.C1=CNC=CC1.C1=NCCN1.C1CCNC1.C1CCNCC1.C1CNCCN1.C1CNCN1.C1COCCN1.CC.CC.CC.CC.CC.CC.CC.CC.CC.CC.CC.CC.CC.CC.CC.CC.CC.CC.CC.CC.CC.CC.CC.CN1CCCCC1.CN1CCN(C)CC1.c1ccncc1.c1ccnnc1.c1cnccn1.c1cncnc1. The highest BCUT2D eigenvalue weighted by Crippen LogP contribution is 2.05. The number of rotatable bonds is 0. The minimum absolute atomic E-state index is 0. The van der Waals surface area contributed by atoms with Crippen LogP contribution in [0.5, 0.6) is 0 Å². The molecule has 13 rings (SSSR count). The molecule has 0 bridgehead atoms. The number of nitrogens with zero attached hydrogens (tertiary/aromatic N) is 11. The van der Waals surface area contributed by atoms with E-state index in [9.17, 15) is 0 Å². The summed E-state index contributed by atoms with van der Waals surface area (Å²) in [5.41, 5.74) is 0. The fourth-order valence-electron chi connectivity index (χ4n) is 6.75. The molecule has 4 aromatic heterocycles. The molecule has 9 aliphatic heterocycles. The molecule has 4 aromatic rings. The van der Waals surface area contributed by atoms with E-state index in [-0.39, 0.29) is 89.1 Å². The third kappa shape index (κ3) is 366. The third-order valence-electron chi connectivity index (χ3n) is 11.3. The molecule has 21 heteroatoms. The summed E-state index contributed by atoms with van der Waals surface area (Å²) in [5.74, 6) is 0. The van der Waals surface area contributed by atoms with Crippen molar-refractivity contribution in [3.05, 3.63) is 129 Å². The summed E-state index contributed by atoms with van der Waals surface area (Å²) in [6.07, 6.45) is 40.3. The number of piperidine rings is 2. The number of morpholine rings is 1. The van der Waals surface area contributed by atoms with E-state index >= 15 is 0 Å². The fraction of sp³-hybridized carbons (Fsp3) is 0.809. The van der Waals surface area contributed by atoms with Crippen LogP contribution in [-0.2, 0) is 4.74 Å². The number of ether oxygens (including phenoxy) is 1. The average Bonchev–Trinajstić information content (AvgIpc) is 1.08. The number of aromatic nitrogens is 7. The molecule has 0 saturated carbocycles. The Morgan fingerprint density at radius 2 is 0.471 bits per heavy atom. The second kappa shape index (κ2) is 375. The van der Waals surface area contributed by atoms with Crippen molar-refractivity contribution in [3.8, 4) is 0 Å². The Hall–Kier alpha value is -5.30. The van der Waals surface area contributed by atoms with Crippen LogP contribution in [-0.4, -0.2) is 228 Å². The Balaban J connectivity index is -0.0000000236. The summed E-state index contributed by atoms with van der Waals surface area (Å²) in [4.78, 5) is 29.5. The third-order valence-corrected chi connectivity index (χ3v) is 11.3. The van der Waals surface area contributed by atoms with Gasteiger partial charge in [0.1, 0.15) is 6.33 Å². The number of allylic oxidation sites excluding steroid dienone is 2. The van der Waals surface area contributed by atoms with Gasteiger partial charge < -0.3 is 67.3 Å². The zero-order chi connectivity index (χ0) is 102. The van der Waals surface area contributed by atoms with Crippen molar-refractivity contribution in [2.45, 2.75) is 465 Å². The first kappa shape index (κ1) is 240. The van der Waals surface area contributed by atoms with Crippen LogP contribution in [0.25, 0.3) is 0 Å². The maximum Gasteiger partial charge on any atom is 0.115 e. The predicted molar refractivity (Wildman–Crippen MR) is 665 cm³/mol. The van der Waals surface area contributed by atoms with Gasteiger partial charge >= 0.3 is 0 Å². The smallest absolute Gasteiger partial charge is 0.115 e. The van der Waals surface area contributed by atoms with E-state index in [1.807, 2.05) is 361 Å². The molecule has 0 amide bonds. The van der Waals surface area contributed by atoms with Crippen LogP contribution in [0.2, 0.25) is 0 Å². The lowest BCUT2D eigenvalue weighted by molar-refractivity contribution is 0.109. The van der Waals surface area contributed by atoms with Crippen LogP contribution in [0.1, 0.15) is 465 Å². The van der Waals surface area contributed by atoms with E-state index in [1.54, 1.807) is 74.4 Å². The molecular weight excluding hydrogens is 1680 g/mol. The van der Waals surface area contributed by atoms with Gasteiger partial charge in [0.2, 0.25) is 0 Å². The number of nitrogens with one attached hydrogen (secondary N) is 9. The molecular formula is C115H290N20O. The van der Waals surface area contributed by atoms with Crippen LogP contribution < -0.4 is 47.9 Å². The van der Waals surface area contributed by atoms with Crippen LogP contribution in [0, 0.1) is 0 Å². The summed E-state index contributed by atoms with van der Waals surface area (Å²) in [6, 6.07) is 11.1. The van der Waals surface area contributed by atoms with E-state index < -0.39 is 0 Å². The minimum Gasteiger partial charge on any atom is -0.379 e. The molecule has 7 fully saturated rings. The fourth-order valence-corrected chi connectivity index (χ4v) is 6.75. The second-order valence-electron chi connectivity index (χ2n) is 18.2. The monoisotopic (exact) mass is 1970 g/mol. The van der Waals surface area contributed by atoms with Crippen molar-refractivity contribution >= 4 is 6.34 Å². The molecule has 9 aliphatic rings. The lowest BCUT2D eigenvalue weighted by atomic mass is 10.1. The molecule has 0 spiro atoms. The Morgan fingerprint density at radius 3 is 0.581 bits per heavy atom. The van der Waals surface area contributed by atoms with Gasteiger partial charge in [0.25, 0.3) is 0 Å². The summed E-state index contributed by atoms with van der Waals surface area (Å²) >= 11 is 0. The summed E-state index contributed by atoms with van der Waals surface area (Å²) in [7, 11) is 6.54. The van der Waals surface area contributed by atoms with Crippen molar-refractivity contribution < 1.29 is 4.74 Å². The van der Waals surface area contributed by atoms with Crippen molar-refractivity contribution in [2.24, 2.45) is 4.99 Å². The average molecular weight is 1970 g/mol. The summed E-state index contributed by atoms with van der Waals surface area (Å²) < 4.78 is 5.01. The normalized spacial score (nSPS) is 11.7. The molecule has 13 heterocycles. The van der Waals surface area contributed by atoms with Crippen molar-refractivity contribution in [2.75, 3.05) is 172 Å². The lowest BCUT2D eigenvalue weighted by Crippen LogP contribution is -2.42. The molecule has 7 saturated heterocycles. The number of aliphatic imine (C=N–C) groups is 1. The van der Waals surface area contributed by atoms with Gasteiger partial charge in [-0.3, -0.25) is 19.9 Å². The molecule has 0 aromatic carbocycles. The zero-order valence-corrected chi connectivity index (χ0v) is 94.2. The van der Waals surface area contributed by atoms with E-state index in [0.29, 0.717) is 0 Å². The standard InChI is InChI=1S/C6H14N2.C6H13N.C5H11N.C5H7N.C5H5N.C4H10N2.3C4H4N2.C4H9NO.C4H9N.C3H8N2.C3H6N2.23C2H6.12CH4/c1-7-3-5-8(2)6-4-7;1-7-5-3-2-4-6-7;3*1-2-4-6-5-3-1;2*1-2-6-4-3-5-1;1-2-5-4-6-3-1;1-2-4-6-5-3-1;1-3-6-4-2-5-1;1-2-4-5-3-1;2*1-2-5-3-4-1;23*1-2;;;;;;;;;;;;/h3-6H2,1-2H3;2-6H2,1H3;6H,1-5H2;2-6H,1H2;1-5H;5-6H,1-4H2;3*1-4H;5H,1-4H2;5H,1-4H2;4-5H,1-3H2;3H,1-2H2,(H,4,5);23*1-2H3;12*1H4. The highest BCUT2D eigenvalue weighted by molar-refractivity contribution is 5.56. The van der Waals surface area contributed by atoms with Gasteiger partial charge in [-0.25, -0.2) is 9.97 Å². The molecule has 21 nitrogen and oxygen atoms in total. The summed E-state index contributed by atoms with van der Waals surface area (Å²) in [5, 5.41) is 35.3. The molecule has 136 heavy (non-hydrogen) atoms. The highest BCUT2D eigenvalue weighted by Gasteiger charge is 2.08. The Kier molecular flexibility index (Phi) is 662. The first-order valence-corrected chi connectivity index (χ1v) is 51.5. The van der Waals surface area contributed by atoms with Gasteiger partial charge in [-0.2, -0.15) is 10.2 Å². The van der Waals surface area contributed by atoms with Gasteiger partial charge in [-0.05, 0) is 148 Å². The minimum atomic E-state index is 0. The number of pyridine rings is 1. The first-order valence-electron chi connectivity index (χ1n) is 51.5. The van der Waals surface area contributed by atoms with Crippen molar-refractivity contribution in [1.82, 2.24) is 97.7 Å². The molecule has 0 unspecified atom stereocenters. The van der Waals surface area contributed by atoms with Gasteiger partial charge in [0.05, 0.1) is 26.1 Å². The van der Waals surface area contributed by atoms with E-state index in [1.165, 1.54) is 123 Å². The molecule has 0 aliphatic carbocycles. The van der Waals surface area contributed by atoms with E-state index in [2.05, 4.69) is 136 Å². The maximum absolute atomic E-state index is 5.01. The van der Waals surface area contributed by atoms with Crippen LogP contribution in [0.15, 0.2) is 134 Å². The molecule has 9 N–H and O–H groups in total. The Labute approximate surface area is 875 Å². The van der Waals surface area contributed by atoms with Gasteiger partial charge in [-0.15, -0.1) is 0 Å². The lowest BCUT2D eigenvalue weighted by Gasteiger charge is -2.28. The van der Waals surface area contributed by atoms with Gasteiger partial charge in [0, 0.05) is 154 Å². The number of hydrogen-bond acceptors (Lipinski definition) is 21. The zero-order valence-electron chi connectivity index (χ0n) is 94.2. The van der Waals surface area contributed by atoms with E-state index in [4.69, 9.17) is 4.74 Å². The number of likely N-dealkylation sites (N-methyl/N-ethyl adjacent to an activating group) is 2. The number of piperazine rings is 2. The van der Waals surface area contributed by atoms with E-state index in [0.717, 1.165) is 91.8 Å². The van der Waals surface area contributed by atoms with Crippen molar-refractivity contribution in [3.63, 3.8) is 0 Å².